The number of thiazole rings is 1. The summed E-state index contributed by atoms with van der Waals surface area (Å²) < 4.78 is 19.8. The second-order valence-corrected chi connectivity index (χ2v) is 7.15. The maximum absolute atomic E-state index is 13.0. The summed E-state index contributed by atoms with van der Waals surface area (Å²) in [6.07, 6.45) is 0. The van der Waals surface area contributed by atoms with E-state index in [2.05, 4.69) is 20.9 Å². The minimum absolute atomic E-state index is 0.236. The number of hydrogen-bond acceptors (Lipinski definition) is 3. The smallest absolute Gasteiger partial charge is 0.123 e. The summed E-state index contributed by atoms with van der Waals surface area (Å²) >= 11 is 5.01. The molecule has 0 spiro atoms. The van der Waals surface area contributed by atoms with Gasteiger partial charge in [-0.3, -0.25) is 0 Å². The molecule has 0 fully saturated rings. The number of halogens is 2. The normalized spacial score (nSPS) is 10.9. The predicted octanol–water partition coefficient (Wildman–Crippen LogP) is 5.74. The Hall–Kier alpha value is -1.56. The average molecular weight is 392 g/mol. The molecule has 0 saturated heterocycles. The van der Waals surface area contributed by atoms with E-state index in [9.17, 15) is 4.39 Å². The highest BCUT2D eigenvalue weighted by atomic mass is 79.9. The maximum atomic E-state index is 13.0. The molecule has 5 heteroatoms. The standard InChI is InChI=1S/C18H15BrFNOS/c1-12-17(11-22-10-13-2-6-15(19)7-3-13)23-18(21-12)14-4-8-16(20)9-5-14/h2-9H,10-11H2,1H3. The fraction of sp³-hybridized carbons (Fsp3) is 0.167. The van der Waals surface area contributed by atoms with Crippen LogP contribution in [0.1, 0.15) is 16.1 Å². The first-order valence-electron chi connectivity index (χ1n) is 7.16. The summed E-state index contributed by atoms with van der Waals surface area (Å²) in [7, 11) is 0. The molecular weight excluding hydrogens is 377 g/mol. The number of aromatic nitrogens is 1. The minimum Gasteiger partial charge on any atom is -0.371 e. The van der Waals surface area contributed by atoms with Crippen molar-refractivity contribution < 1.29 is 9.13 Å². The van der Waals surface area contributed by atoms with Crippen molar-refractivity contribution in [2.75, 3.05) is 0 Å². The third-order valence-corrected chi connectivity index (χ3v) is 5.11. The van der Waals surface area contributed by atoms with Crippen molar-refractivity contribution in [2.24, 2.45) is 0 Å². The number of nitrogens with zero attached hydrogens (tertiary/aromatic N) is 1. The third-order valence-electron chi connectivity index (χ3n) is 3.40. The Morgan fingerprint density at radius 3 is 2.43 bits per heavy atom. The van der Waals surface area contributed by atoms with Gasteiger partial charge in [0.05, 0.1) is 23.8 Å². The molecule has 3 rings (SSSR count). The Balaban J connectivity index is 1.64. The lowest BCUT2D eigenvalue weighted by Gasteiger charge is -2.03. The van der Waals surface area contributed by atoms with E-state index in [0.717, 1.165) is 31.2 Å². The van der Waals surface area contributed by atoms with Crippen molar-refractivity contribution in [3.63, 3.8) is 0 Å². The van der Waals surface area contributed by atoms with Gasteiger partial charge < -0.3 is 4.74 Å². The Kier molecular flexibility index (Phi) is 5.20. The van der Waals surface area contributed by atoms with Crippen molar-refractivity contribution in [1.29, 1.82) is 0 Å². The molecule has 2 nitrogen and oxygen atoms in total. The van der Waals surface area contributed by atoms with Crippen LogP contribution in [0.3, 0.4) is 0 Å². The summed E-state index contributed by atoms with van der Waals surface area (Å²) in [4.78, 5) is 5.66. The number of rotatable bonds is 5. The van der Waals surface area contributed by atoms with E-state index in [1.165, 1.54) is 12.1 Å². The molecule has 1 heterocycles. The second-order valence-electron chi connectivity index (χ2n) is 5.15. The van der Waals surface area contributed by atoms with Crippen molar-refractivity contribution in [1.82, 2.24) is 4.98 Å². The summed E-state index contributed by atoms with van der Waals surface area (Å²) in [6.45, 7) is 3.07. The van der Waals surface area contributed by atoms with E-state index in [-0.39, 0.29) is 5.82 Å². The molecule has 2 aromatic carbocycles. The lowest BCUT2D eigenvalue weighted by molar-refractivity contribution is 0.109. The van der Waals surface area contributed by atoms with Crippen molar-refractivity contribution in [2.45, 2.75) is 20.1 Å². The van der Waals surface area contributed by atoms with Crippen LogP contribution in [0, 0.1) is 12.7 Å². The third kappa shape index (κ3) is 4.25. The predicted molar refractivity (Wildman–Crippen MR) is 94.9 cm³/mol. The van der Waals surface area contributed by atoms with Crippen molar-refractivity contribution in [3.8, 4) is 10.6 Å². The minimum atomic E-state index is -0.236. The monoisotopic (exact) mass is 391 g/mol. The van der Waals surface area contributed by atoms with Crippen LogP contribution in [-0.2, 0) is 18.0 Å². The van der Waals surface area contributed by atoms with Crippen LogP contribution in [0.15, 0.2) is 53.0 Å². The first-order valence-corrected chi connectivity index (χ1v) is 8.77. The Bertz CT molecular complexity index is 784. The van der Waals surface area contributed by atoms with Crippen LogP contribution in [0.5, 0.6) is 0 Å². The van der Waals surface area contributed by atoms with E-state index < -0.39 is 0 Å². The molecule has 0 bridgehead atoms. The van der Waals surface area contributed by atoms with Crippen molar-refractivity contribution in [3.05, 3.63) is 75.0 Å². The molecule has 0 N–H and O–H groups in total. The van der Waals surface area contributed by atoms with Gasteiger partial charge in [-0.2, -0.15) is 0 Å². The second kappa shape index (κ2) is 7.34. The van der Waals surface area contributed by atoms with Crippen LogP contribution >= 0.6 is 27.3 Å². The van der Waals surface area contributed by atoms with Gasteiger partial charge in [0.1, 0.15) is 10.8 Å². The zero-order valence-electron chi connectivity index (χ0n) is 12.6. The zero-order chi connectivity index (χ0) is 16.2. The van der Waals surface area contributed by atoms with Gasteiger partial charge in [0.15, 0.2) is 0 Å². The molecule has 23 heavy (non-hydrogen) atoms. The number of benzene rings is 2. The fourth-order valence-corrected chi connectivity index (χ4v) is 3.39. The lowest BCUT2D eigenvalue weighted by Crippen LogP contribution is -1.93. The highest BCUT2D eigenvalue weighted by Gasteiger charge is 2.10. The Morgan fingerprint density at radius 2 is 1.74 bits per heavy atom. The first kappa shape index (κ1) is 16.3. The Morgan fingerprint density at radius 1 is 1.04 bits per heavy atom. The largest absolute Gasteiger partial charge is 0.371 e. The van der Waals surface area contributed by atoms with E-state index in [1.54, 1.807) is 23.5 Å². The van der Waals surface area contributed by atoms with E-state index >= 15 is 0 Å². The molecule has 0 atom stereocenters. The molecule has 0 aliphatic carbocycles. The Labute approximate surface area is 147 Å². The molecule has 1 aromatic heterocycles. The van der Waals surface area contributed by atoms with Gasteiger partial charge in [0.2, 0.25) is 0 Å². The topological polar surface area (TPSA) is 22.1 Å². The fourth-order valence-electron chi connectivity index (χ4n) is 2.12. The van der Waals surface area contributed by atoms with Crippen LogP contribution in [0.2, 0.25) is 0 Å². The van der Waals surface area contributed by atoms with E-state index in [4.69, 9.17) is 4.74 Å². The summed E-state index contributed by atoms with van der Waals surface area (Å²) in [5.41, 5.74) is 3.03. The van der Waals surface area contributed by atoms with Gasteiger partial charge >= 0.3 is 0 Å². The van der Waals surface area contributed by atoms with Crippen LogP contribution in [0.25, 0.3) is 10.6 Å². The number of ether oxygens (including phenoxy) is 1. The van der Waals surface area contributed by atoms with Gasteiger partial charge in [-0.25, -0.2) is 9.37 Å². The van der Waals surface area contributed by atoms with E-state index in [0.29, 0.717) is 13.2 Å². The SMILES string of the molecule is Cc1nc(-c2ccc(F)cc2)sc1COCc1ccc(Br)cc1. The van der Waals surface area contributed by atoms with Crippen molar-refractivity contribution >= 4 is 27.3 Å². The maximum Gasteiger partial charge on any atom is 0.123 e. The molecule has 0 amide bonds. The number of aryl methyl sites for hydroxylation is 1. The van der Waals surface area contributed by atoms with Gasteiger partial charge in [-0.05, 0) is 48.9 Å². The van der Waals surface area contributed by atoms with Gasteiger partial charge in [0, 0.05) is 10.0 Å². The summed E-state index contributed by atoms with van der Waals surface area (Å²) in [5.74, 6) is -0.236. The van der Waals surface area contributed by atoms with Crippen LogP contribution in [-0.4, -0.2) is 4.98 Å². The summed E-state index contributed by atoms with van der Waals surface area (Å²) in [5, 5.41) is 0.893. The molecule has 0 aliphatic heterocycles. The highest BCUT2D eigenvalue weighted by Crippen LogP contribution is 2.28. The molecular formula is C18H15BrFNOS. The molecule has 0 radical (unpaired) electrons. The molecule has 0 unspecified atom stereocenters. The molecule has 0 saturated carbocycles. The average Bonchev–Trinajstić information content (AvgIpc) is 2.91. The van der Waals surface area contributed by atoms with Gasteiger partial charge in [-0.1, -0.05) is 28.1 Å². The molecule has 3 aromatic rings. The summed E-state index contributed by atoms with van der Waals surface area (Å²) in [6, 6.07) is 14.5. The highest BCUT2D eigenvalue weighted by molar-refractivity contribution is 9.10. The van der Waals surface area contributed by atoms with E-state index in [1.807, 2.05) is 31.2 Å². The van der Waals surface area contributed by atoms with Gasteiger partial charge in [-0.15, -0.1) is 11.3 Å². The molecule has 118 valence electrons. The van der Waals surface area contributed by atoms with Crippen LogP contribution < -0.4 is 0 Å². The zero-order valence-corrected chi connectivity index (χ0v) is 15.0. The lowest BCUT2D eigenvalue weighted by atomic mass is 10.2. The number of hydrogen-bond donors (Lipinski definition) is 0. The van der Waals surface area contributed by atoms with Gasteiger partial charge in [0.25, 0.3) is 0 Å². The quantitative estimate of drug-likeness (QED) is 0.553. The first-order chi connectivity index (χ1) is 11.1. The molecule has 0 aliphatic rings. The van der Waals surface area contributed by atoms with Crippen LogP contribution in [0.4, 0.5) is 4.39 Å².